The fraction of sp³-hybridized carbons (Fsp3) is 0.409. The summed E-state index contributed by atoms with van der Waals surface area (Å²) in [5.74, 6) is 0.0598. The number of hydrogen-bond acceptors (Lipinski definition) is 9. The summed E-state index contributed by atoms with van der Waals surface area (Å²) in [7, 11) is 0. The molecule has 176 valence electrons. The van der Waals surface area contributed by atoms with Crippen molar-refractivity contribution < 1.29 is 19.4 Å². The summed E-state index contributed by atoms with van der Waals surface area (Å²) in [6, 6.07) is 4.22. The van der Waals surface area contributed by atoms with Crippen molar-refractivity contribution in [1.29, 1.82) is 0 Å². The Labute approximate surface area is 205 Å². The van der Waals surface area contributed by atoms with Crippen molar-refractivity contribution >= 4 is 46.3 Å². The predicted molar refractivity (Wildman–Crippen MR) is 128 cm³/mol. The van der Waals surface area contributed by atoms with Crippen molar-refractivity contribution in [3.63, 3.8) is 0 Å². The van der Waals surface area contributed by atoms with Crippen LogP contribution in [0.25, 0.3) is 0 Å². The van der Waals surface area contributed by atoms with Crippen molar-refractivity contribution in [2.45, 2.75) is 19.0 Å². The monoisotopic (exact) mass is 510 g/mol. The average molecular weight is 511 g/mol. The molecule has 2 N–H and O–H groups in total. The lowest BCUT2D eigenvalue weighted by Gasteiger charge is -2.37. The van der Waals surface area contributed by atoms with Gasteiger partial charge in [0.1, 0.15) is 6.04 Å². The summed E-state index contributed by atoms with van der Waals surface area (Å²) >= 11 is 14.1. The Morgan fingerprint density at radius 3 is 2.97 bits per heavy atom. The van der Waals surface area contributed by atoms with Crippen LogP contribution in [0.5, 0.6) is 0 Å². The zero-order valence-corrected chi connectivity index (χ0v) is 20.3. The van der Waals surface area contributed by atoms with Gasteiger partial charge in [-0.3, -0.25) is 9.89 Å². The number of carbonyl (C=O) groups excluding carboxylic acids is 1. The second-order valence-corrected chi connectivity index (χ2v) is 9.24. The van der Waals surface area contributed by atoms with Gasteiger partial charge in [0.15, 0.2) is 10.8 Å². The van der Waals surface area contributed by atoms with Crippen molar-refractivity contribution in [2.24, 2.45) is 4.99 Å². The number of aliphatic imine (C=N–C) groups is 1. The van der Waals surface area contributed by atoms with Crippen LogP contribution in [0.4, 0.5) is 0 Å². The molecule has 2 aliphatic heterocycles. The van der Waals surface area contributed by atoms with Crippen LogP contribution in [0.2, 0.25) is 10.0 Å². The number of aromatic nitrogens is 1. The number of benzene rings is 1. The van der Waals surface area contributed by atoms with Crippen LogP contribution in [0.1, 0.15) is 23.5 Å². The third-order valence-corrected chi connectivity index (χ3v) is 6.78. The molecule has 1 saturated heterocycles. The first-order valence-corrected chi connectivity index (χ1v) is 12.2. The number of rotatable bonds is 7. The van der Waals surface area contributed by atoms with Gasteiger partial charge in [-0.05, 0) is 19.1 Å². The van der Waals surface area contributed by atoms with E-state index in [0.717, 1.165) is 0 Å². The summed E-state index contributed by atoms with van der Waals surface area (Å²) in [6.07, 6.45) is 1.70. The number of aliphatic hydroxyl groups excluding tert-OH is 1. The van der Waals surface area contributed by atoms with Crippen molar-refractivity contribution in [1.82, 2.24) is 15.2 Å². The van der Waals surface area contributed by atoms with E-state index >= 15 is 0 Å². The molecule has 0 aliphatic carbocycles. The van der Waals surface area contributed by atoms with Crippen LogP contribution in [-0.4, -0.2) is 72.4 Å². The minimum Gasteiger partial charge on any atom is -0.463 e. The van der Waals surface area contributed by atoms with E-state index in [-0.39, 0.29) is 19.3 Å². The first-order valence-electron chi connectivity index (χ1n) is 10.5. The third-order valence-electron chi connectivity index (χ3n) is 5.43. The number of carbonyl (C=O) groups is 1. The average Bonchev–Trinajstić information content (AvgIpc) is 3.34. The van der Waals surface area contributed by atoms with Crippen LogP contribution in [0.3, 0.4) is 0 Å². The van der Waals surface area contributed by atoms with Crippen LogP contribution in [-0.2, 0) is 14.3 Å². The lowest BCUT2D eigenvalue weighted by atomic mass is 9.95. The summed E-state index contributed by atoms with van der Waals surface area (Å²) in [4.78, 5) is 24.5. The number of ether oxygens (including phenoxy) is 2. The second kappa shape index (κ2) is 10.9. The highest BCUT2D eigenvalue weighted by molar-refractivity contribution is 7.11. The molecule has 1 unspecified atom stereocenters. The molecule has 0 saturated carbocycles. The topological polar surface area (TPSA) is 96.3 Å². The fourth-order valence-electron chi connectivity index (χ4n) is 3.84. The largest absolute Gasteiger partial charge is 0.463 e. The van der Waals surface area contributed by atoms with Crippen LogP contribution in [0, 0.1) is 0 Å². The Balaban J connectivity index is 1.82. The Bertz CT molecular complexity index is 1060. The maximum absolute atomic E-state index is 13.2. The molecule has 2 aromatic rings. The highest BCUT2D eigenvalue weighted by atomic mass is 35.5. The molecule has 11 heteroatoms. The van der Waals surface area contributed by atoms with Gasteiger partial charge in [0.05, 0.1) is 38.0 Å². The van der Waals surface area contributed by atoms with Gasteiger partial charge in [-0.1, -0.05) is 29.3 Å². The molecule has 0 radical (unpaired) electrons. The minimum atomic E-state index is -0.711. The van der Waals surface area contributed by atoms with Crippen molar-refractivity contribution in [3.8, 4) is 0 Å². The zero-order valence-electron chi connectivity index (χ0n) is 18.0. The Hall–Kier alpha value is -2.01. The van der Waals surface area contributed by atoms with E-state index in [1.54, 1.807) is 31.3 Å². The molecule has 1 fully saturated rings. The molecule has 33 heavy (non-hydrogen) atoms. The van der Waals surface area contributed by atoms with Crippen LogP contribution in [0.15, 0.2) is 46.0 Å². The van der Waals surface area contributed by atoms with Gasteiger partial charge >= 0.3 is 5.97 Å². The number of thiazole rings is 1. The van der Waals surface area contributed by atoms with E-state index in [1.807, 2.05) is 5.38 Å². The summed E-state index contributed by atoms with van der Waals surface area (Å²) < 4.78 is 10.9. The highest BCUT2D eigenvalue weighted by Gasteiger charge is 2.35. The first-order chi connectivity index (χ1) is 16.0. The Kier molecular flexibility index (Phi) is 8.00. The first kappa shape index (κ1) is 24.1. The number of hydrogen-bond donors (Lipinski definition) is 2. The lowest BCUT2D eigenvalue weighted by Crippen LogP contribution is -2.50. The molecule has 3 heterocycles. The Morgan fingerprint density at radius 1 is 1.42 bits per heavy atom. The van der Waals surface area contributed by atoms with Gasteiger partial charge in [-0.15, -0.1) is 11.3 Å². The summed E-state index contributed by atoms with van der Waals surface area (Å²) in [5, 5.41) is 16.6. The SMILES string of the molecule is CCOC(=O)C1=C(CN2CCOC[C@@H]2CO)NC(c2nccs2)=NC1c1ccc(Cl)cc1Cl. The standard InChI is InChI=1S/C22H24Cl2N4O4S/c1-2-32-22(30)18-17(10-28-6-7-31-12-14(28)11-29)26-20(21-25-5-8-33-21)27-19(18)15-4-3-13(23)9-16(15)24/h3-5,8-9,14,19,29H,2,6-7,10-12H2,1H3,(H,26,27)/t14-,19?/m0/s1. The Morgan fingerprint density at radius 2 is 2.27 bits per heavy atom. The summed E-state index contributed by atoms with van der Waals surface area (Å²) in [6.45, 7) is 3.86. The van der Waals surface area contributed by atoms with E-state index in [9.17, 15) is 9.90 Å². The number of aliphatic hydroxyl groups is 1. The number of esters is 1. The molecule has 8 nitrogen and oxygen atoms in total. The molecule has 0 spiro atoms. The molecule has 1 aromatic heterocycles. The smallest absolute Gasteiger partial charge is 0.338 e. The molecular weight excluding hydrogens is 487 g/mol. The van der Waals surface area contributed by atoms with E-state index in [4.69, 9.17) is 37.7 Å². The van der Waals surface area contributed by atoms with Crippen LogP contribution < -0.4 is 5.32 Å². The highest BCUT2D eigenvalue weighted by Crippen LogP contribution is 2.37. The normalized spacial score (nSPS) is 21.5. The van der Waals surface area contributed by atoms with Gasteiger partial charge in [0, 0.05) is 46.0 Å². The number of nitrogens with one attached hydrogen (secondary N) is 1. The number of amidine groups is 1. The van der Waals surface area contributed by atoms with Gasteiger partial charge in [-0.25, -0.2) is 9.78 Å². The predicted octanol–water partition coefficient (Wildman–Crippen LogP) is 3.05. The molecule has 0 bridgehead atoms. The van der Waals surface area contributed by atoms with Gasteiger partial charge in [0.2, 0.25) is 0 Å². The van der Waals surface area contributed by atoms with E-state index in [1.165, 1.54) is 11.3 Å². The van der Waals surface area contributed by atoms with E-state index in [0.29, 0.717) is 64.0 Å². The number of halogens is 2. The quantitative estimate of drug-likeness (QED) is 0.552. The van der Waals surface area contributed by atoms with Gasteiger partial charge < -0.3 is 19.9 Å². The fourth-order valence-corrected chi connectivity index (χ4v) is 4.94. The second-order valence-electron chi connectivity index (χ2n) is 7.50. The zero-order chi connectivity index (χ0) is 23.4. The van der Waals surface area contributed by atoms with Gasteiger partial charge in [-0.2, -0.15) is 0 Å². The molecule has 1 aromatic carbocycles. The van der Waals surface area contributed by atoms with Gasteiger partial charge in [0.25, 0.3) is 0 Å². The molecule has 2 aliphatic rings. The molecule has 4 rings (SSSR count). The van der Waals surface area contributed by atoms with Crippen LogP contribution >= 0.6 is 34.5 Å². The molecule has 2 atom stereocenters. The maximum atomic E-state index is 13.2. The number of morpholine rings is 1. The summed E-state index contributed by atoms with van der Waals surface area (Å²) in [5.41, 5.74) is 1.63. The van der Waals surface area contributed by atoms with Crippen molar-refractivity contribution in [3.05, 3.63) is 61.7 Å². The van der Waals surface area contributed by atoms with Crippen molar-refractivity contribution in [2.75, 3.05) is 39.5 Å². The third kappa shape index (κ3) is 5.40. The van der Waals surface area contributed by atoms with E-state index in [2.05, 4.69) is 15.2 Å². The molecular formula is C22H24Cl2N4O4S. The minimum absolute atomic E-state index is 0.0537. The maximum Gasteiger partial charge on any atom is 0.338 e. The molecule has 0 amide bonds. The number of nitrogens with zero attached hydrogens (tertiary/aromatic N) is 3. The lowest BCUT2D eigenvalue weighted by molar-refractivity contribution is -0.139. The van der Waals surface area contributed by atoms with E-state index < -0.39 is 12.0 Å².